The molecule has 1 aliphatic heterocycles. The van der Waals surface area contributed by atoms with Gasteiger partial charge in [-0.3, -0.25) is 10.1 Å². The molecule has 1 aromatic carbocycles. The maximum atomic E-state index is 11.8. The number of hydrogen-bond donors (Lipinski definition) is 2. The zero-order chi connectivity index (χ0) is 13.3. The first-order chi connectivity index (χ1) is 9.15. The van der Waals surface area contributed by atoms with E-state index in [0.717, 1.165) is 23.3 Å². The number of nitrogens with one attached hydrogen (secondary N) is 2. The lowest BCUT2D eigenvalue weighted by molar-refractivity contribution is -0.130. The van der Waals surface area contributed by atoms with Crippen molar-refractivity contribution in [1.82, 2.24) is 10.3 Å². The third-order valence-corrected chi connectivity index (χ3v) is 4.04. The summed E-state index contributed by atoms with van der Waals surface area (Å²) in [5, 5.41) is 6.52. The van der Waals surface area contributed by atoms with Gasteiger partial charge < -0.3 is 10.1 Å². The van der Waals surface area contributed by atoms with Crippen LogP contribution >= 0.6 is 11.3 Å². The molecule has 5 nitrogen and oxygen atoms in total. The van der Waals surface area contributed by atoms with Crippen molar-refractivity contribution in [2.45, 2.75) is 12.5 Å². The summed E-state index contributed by atoms with van der Waals surface area (Å²) in [7, 11) is 0. The van der Waals surface area contributed by atoms with Gasteiger partial charge in [0.05, 0.1) is 15.8 Å². The van der Waals surface area contributed by atoms with Gasteiger partial charge in [-0.15, -0.1) is 0 Å². The predicted molar refractivity (Wildman–Crippen MR) is 75.5 cm³/mol. The van der Waals surface area contributed by atoms with Gasteiger partial charge >= 0.3 is 0 Å². The van der Waals surface area contributed by atoms with Crippen LogP contribution in [0.3, 0.4) is 0 Å². The predicted octanol–water partition coefficient (Wildman–Crippen LogP) is 1.61. The lowest BCUT2D eigenvalue weighted by Gasteiger charge is -2.38. The number of para-hydroxylation sites is 1. The minimum Gasteiger partial charge on any atom is -0.363 e. The molecule has 1 aliphatic rings. The van der Waals surface area contributed by atoms with Gasteiger partial charge in [0.2, 0.25) is 0 Å². The number of nitrogens with zero attached hydrogens (tertiary/aromatic N) is 1. The Kier molecular flexibility index (Phi) is 3.22. The topological polar surface area (TPSA) is 63.2 Å². The van der Waals surface area contributed by atoms with Crippen LogP contribution in [-0.4, -0.2) is 36.2 Å². The molecule has 2 aromatic rings. The Morgan fingerprint density at radius 3 is 3.00 bits per heavy atom. The summed E-state index contributed by atoms with van der Waals surface area (Å²) in [4.78, 5) is 16.1. The number of anilines is 1. The van der Waals surface area contributed by atoms with Crippen LogP contribution in [0.2, 0.25) is 0 Å². The zero-order valence-corrected chi connectivity index (χ0v) is 11.4. The monoisotopic (exact) mass is 277 g/mol. The molecule has 1 saturated heterocycles. The van der Waals surface area contributed by atoms with Crippen LogP contribution in [0.1, 0.15) is 6.92 Å². The molecule has 0 unspecified atom stereocenters. The van der Waals surface area contributed by atoms with E-state index in [2.05, 4.69) is 15.6 Å². The second-order valence-electron chi connectivity index (χ2n) is 4.88. The van der Waals surface area contributed by atoms with E-state index in [1.165, 1.54) is 11.3 Å². The van der Waals surface area contributed by atoms with E-state index < -0.39 is 0 Å². The summed E-state index contributed by atoms with van der Waals surface area (Å²) in [6.45, 7) is 3.64. The van der Waals surface area contributed by atoms with E-state index in [4.69, 9.17) is 4.74 Å². The highest BCUT2D eigenvalue weighted by Crippen LogP contribution is 2.25. The van der Waals surface area contributed by atoms with Crippen LogP contribution in [-0.2, 0) is 9.53 Å². The van der Waals surface area contributed by atoms with Crippen molar-refractivity contribution in [3.8, 4) is 0 Å². The Morgan fingerprint density at radius 2 is 2.32 bits per heavy atom. The minimum absolute atomic E-state index is 0.0636. The average Bonchev–Trinajstić information content (AvgIpc) is 2.76. The van der Waals surface area contributed by atoms with Gasteiger partial charge in [0, 0.05) is 13.1 Å². The molecule has 1 aromatic heterocycles. The van der Waals surface area contributed by atoms with Crippen LogP contribution in [0.5, 0.6) is 0 Å². The Balaban J connectivity index is 1.59. The fraction of sp³-hybridized carbons (Fsp3) is 0.385. The first-order valence-electron chi connectivity index (χ1n) is 6.15. The molecule has 19 heavy (non-hydrogen) atoms. The average molecular weight is 277 g/mol. The third kappa shape index (κ3) is 2.75. The van der Waals surface area contributed by atoms with E-state index in [1.54, 1.807) is 0 Å². The summed E-state index contributed by atoms with van der Waals surface area (Å²) in [6, 6.07) is 7.81. The maximum Gasteiger partial charge on any atom is 0.252 e. The highest BCUT2D eigenvalue weighted by atomic mass is 32.1. The smallest absolute Gasteiger partial charge is 0.252 e. The minimum atomic E-state index is -0.203. The molecule has 2 N–H and O–H groups in total. The first-order valence-corrected chi connectivity index (χ1v) is 6.96. The zero-order valence-electron chi connectivity index (χ0n) is 10.6. The van der Waals surface area contributed by atoms with Gasteiger partial charge in [-0.05, 0) is 19.1 Å². The third-order valence-electron chi connectivity index (χ3n) is 3.09. The van der Waals surface area contributed by atoms with E-state index in [1.807, 2.05) is 31.2 Å². The Morgan fingerprint density at radius 1 is 1.53 bits per heavy atom. The number of fused-ring (bicyclic) bond motifs is 1. The van der Waals surface area contributed by atoms with Crippen LogP contribution in [0.4, 0.5) is 5.13 Å². The summed E-state index contributed by atoms with van der Waals surface area (Å²) in [6.07, 6.45) is 0. The van der Waals surface area contributed by atoms with Crippen molar-refractivity contribution in [3.05, 3.63) is 24.3 Å². The van der Waals surface area contributed by atoms with Crippen molar-refractivity contribution in [2.24, 2.45) is 0 Å². The number of carbonyl (C=O) groups is 1. The SMILES string of the molecule is CC1(OCC(=O)Nc2nc3ccccc3s2)CNC1. The van der Waals surface area contributed by atoms with Crippen LogP contribution < -0.4 is 10.6 Å². The fourth-order valence-corrected chi connectivity index (χ4v) is 2.78. The molecule has 0 spiro atoms. The number of aromatic nitrogens is 1. The molecule has 0 bridgehead atoms. The number of hydrogen-bond acceptors (Lipinski definition) is 5. The molecule has 1 fully saturated rings. The van der Waals surface area contributed by atoms with Gasteiger partial charge in [0.1, 0.15) is 6.61 Å². The quantitative estimate of drug-likeness (QED) is 0.891. The molecular formula is C13H15N3O2S. The highest BCUT2D eigenvalue weighted by Gasteiger charge is 2.33. The number of ether oxygens (including phenoxy) is 1. The molecule has 0 aliphatic carbocycles. The van der Waals surface area contributed by atoms with Gasteiger partial charge in [-0.2, -0.15) is 0 Å². The van der Waals surface area contributed by atoms with Gasteiger partial charge in [0.25, 0.3) is 5.91 Å². The van der Waals surface area contributed by atoms with Crippen LogP contribution in [0, 0.1) is 0 Å². The number of benzene rings is 1. The van der Waals surface area contributed by atoms with Gasteiger partial charge in [-0.25, -0.2) is 4.98 Å². The molecule has 1 amide bonds. The fourth-order valence-electron chi connectivity index (χ4n) is 1.90. The number of amides is 1. The molecule has 6 heteroatoms. The summed E-state index contributed by atoms with van der Waals surface area (Å²) in [5.74, 6) is -0.160. The summed E-state index contributed by atoms with van der Waals surface area (Å²) < 4.78 is 6.64. The van der Waals surface area contributed by atoms with Crippen LogP contribution in [0.25, 0.3) is 10.2 Å². The second kappa shape index (κ2) is 4.88. The van der Waals surface area contributed by atoms with E-state index in [-0.39, 0.29) is 18.1 Å². The van der Waals surface area contributed by atoms with Gasteiger partial charge in [0.15, 0.2) is 5.13 Å². The Hall–Kier alpha value is -1.50. The lowest BCUT2D eigenvalue weighted by atomic mass is 10.0. The number of carbonyl (C=O) groups excluding carboxylic acids is 1. The molecule has 0 atom stereocenters. The van der Waals surface area contributed by atoms with Crippen LogP contribution in [0.15, 0.2) is 24.3 Å². The largest absolute Gasteiger partial charge is 0.363 e. The van der Waals surface area contributed by atoms with Crippen molar-refractivity contribution < 1.29 is 9.53 Å². The number of thiazole rings is 1. The second-order valence-corrected chi connectivity index (χ2v) is 5.91. The van der Waals surface area contributed by atoms with Crippen molar-refractivity contribution in [1.29, 1.82) is 0 Å². The number of rotatable bonds is 4. The first kappa shape index (κ1) is 12.5. The highest BCUT2D eigenvalue weighted by molar-refractivity contribution is 7.22. The van der Waals surface area contributed by atoms with Crippen molar-refractivity contribution >= 4 is 32.6 Å². The molecule has 2 heterocycles. The molecule has 3 rings (SSSR count). The van der Waals surface area contributed by atoms with Gasteiger partial charge in [-0.1, -0.05) is 23.5 Å². The molecular weight excluding hydrogens is 262 g/mol. The summed E-state index contributed by atoms with van der Waals surface area (Å²) >= 11 is 1.47. The summed E-state index contributed by atoms with van der Waals surface area (Å²) in [5.41, 5.74) is 0.698. The Labute approximate surface area is 115 Å². The van der Waals surface area contributed by atoms with Crippen molar-refractivity contribution in [3.63, 3.8) is 0 Å². The molecule has 0 radical (unpaired) electrons. The van der Waals surface area contributed by atoms with Crippen molar-refractivity contribution in [2.75, 3.05) is 25.0 Å². The Bertz CT molecular complexity index is 574. The van der Waals surface area contributed by atoms with E-state index in [0.29, 0.717) is 5.13 Å². The van der Waals surface area contributed by atoms with E-state index >= 15 is 0 Å². The molecule has 0 saturated carbocycles. The molecule has 100 valence electrons. The lowest BCUT2D eigenvalue weighted by Crippen LogP contribution is -2.59. The normalized spacial score (nSPS) is 17.1. The maximum absolute atomic E-state index is 11.8. The standard InChI is InChI=1S/C13H15N3O2S/c1-13(7-14-8-13)18-6-11(17)16-12-15-9-4-2-3-5-10(9)19-12/h2-5,14H,6-8H2,1H3,(H,15,16,17). The van der Waals surface area contributed by atoms with E-state index in [9.17, 15) is 4.79 Å².